The van der Waals surface area contributed by atoms with Gasteiger partial charge in [-0.25, -0.2) is 4.79 Å². The molecule has 0 saturated heterocycles. The largest absolute Gasteiger partial charge is 0.496 e. The predicted molar refractivity (Wildman–Crippen MR) is 137 cm³/mol. The topological polar surface area (TPSA) is 46.5 Å². The summed E-state index contributed by atoms with van der Waals surface area (Å²) in [7, 11) is 1.82. The Morgan fingerprint density at radius 2 is 1.71 bits per heavy atom. The van der Waals surface area contributed by atoms with Crippen LogP contribution in [-0.2, 0) is 11.8 Å². The summed E-state index contributed by atoms with van der Waals surface area (Å²) in [6.07, 6.45) is 16.5. The fourth-order valence-corrected chi connectivity index (χ4v) is 7.45. The number of carbonyl (C=O) groups is 1. The number of hydrogen-bond donors (Lipinski definition) is 1. The first-order valence-electron chi connectivity index (χ1n) is 12.8. The van der Waals surface area contributed by atoms with E-state index in [9.17, 15) is 9.90 Å². The van der Waals surface area contributed by atoms with E-state index in [0.717, 1.165) is 47.5 Å². The SMILES string of the molecule is CC=CC(=CCCc1ccc(OC)c(C23CC4CC(CC(C4)C2)C3)c1)c1cccc(C(=O)O)c1. The third-order valence-electron chi connectivity index (χ3n) is 8.46. The highest BCUT2D eigenvalue weighted by atomic mass is 16.5. The molecule has 178 valence electrons. The molecule has 2 aromatic rings. The van der Waals surface area contributed by atoms with Crippen LogP contribution in [0.1, 0.15) is 78.9 Å². The first-order valence-corrected chi connectivity index (χ1v) is 12.8. The third-order valence-corrected chi connectivity index (χ3v) is 8.46. The highest BCUT2D eigenvalue weighted by Crippen LogP contribution is 2.61. The predicted octanol–water partition coefficient (Wildman–Crippen LogP) is 7.45. The van der Waals surface area contributed by atoms with E-state index in [-0.39, 0.29) is 0 Å². The Morgan fingerprint density at radius 1 is 1.03 bits per heavy atom. The Labute approximate surface area is 203 Å². The van der Waals surface area contributed by atoms with Crippen LogP contribution >= 0.6 is 0 Å². The molecule has 4 aliphatic carbocycles. The summed E-state index contributed by atoms with van der Waals surface area (Å²) in [5.74, 6) is 2.91. The Hall–Kier alpha value is -2.81. The van der Waals surface area contributed by atoms with Crippen LogP contribution in [-0.4, -0.2) is 18.2 Å². The molecular formula is C31H36O3. The lowest BCUT2D eigenvalue weighted by molar-refractivity contribution is -0.00619. The molecule has 0 atom stereocenters. The minimum absolute atomic E-state index is 0.319. The van der Waals surface area contributed by atoms with Gasteiger partial charge >= 0.3 is 5.97 Å². The first-order chi connectivity index (χ1) is 16.5. The zero-order chi connectivity index (χ0) is 23.7. The van der Waals surface area contributed by atoms with Crippen molar-refractivity contribution in [3.8, 4) is 5.75 Å². The van der Waals surface area contributed by atoms with Gasteiger partial charge in [0.1, 0.15) is 5.75 Å². The smallest absolute Gasteiger partial charge is 0.335 e. The zero-order valence-electron chi connectivity index (χ0n) is 20.4. The molecule has 0 spiro atoms. The van der Waals surface area contributed by atoms with E-state index in [0.29, 0.717) is 11.0 Å². The van der Waals surface area contributed by atoms with Gasteiger partial charge in [0.05, 0.1) is 12.7 Å². The van der Waals surface area contributed by atoms with Crippen molar-refractivity contribution in [2.24, 2.45) is 17.8 Å². The highest BCUT2D eigenvalue weighted by Gasteiger charge is 2.52. The number of aromatic carboxylic acids is 1. The quantitative estimate of drug-likeness (QED) is 0.420. The lowest BCUT2D eigenvalue weighted by atomic mass is 9.48. The number of carboxylic acid groups (broad SMARTS) is 1. The normalized spacial score (nSPS) is 27.9. The molecule has 0 radical (unpaired) electrons. The van der Waals surface area contributed by atoms with Gasteiger partial charge < -0.3 is 9.84 Å². The highest BCUT2D eigenvalue weighted by molar-refractivity contribution is 5.89. The second-order valence-electron chi connectivity index (χ2n) is 10.8. The lowest BCUT2D eigenvalue weighted by Gasteiger charge is -2.57. The van der Waals surface area contributed by atoms with E-state index in [4.69, 9.17) is 4.74 Å². The number of carboxylic acids is 1. The van der Waals surface area contributed by atoms with Gasteiger partial charge in [0.25, 0.3) is 0 Å². The summed E-state index contributed by atoms with van der Waals surface area (Å²) >= 11 is 0. The van der Waals surface area contributed by atoms with E-state index < -0.39 is 5.97 Å². The molecule has 3 heteroatoms. The van der Waals surface area contributed by atoms with Gasteiger partial charge in [0.15, 0.2) is 0 Å². The molecule has 1 N–H and O–H groups in total. The molecule has 2 aromatic carbocycles. The summed E-state index contributed by atoms with van der Waals surface area (Å²) in [5, 5.41) is 9.35. The van der Waals surface area contributed by atoms with Crippen molar-refractivity contribution >= 4 is 11.5 Å². The third kappa shape index (κ3) is 4.45. The second-order valence-corrected chi connectivity index (χ2v) is 10.8. The Balaban J connectivity index is 1.37. The van der Waals surface area contributed by atoms with Crippen LogP contribution in [0.15, 0.2) is 60.7 Å². The summed E-state index contributed by atoms with van der Waals surface area (Å²) < 4.78 is 5.88. The number of allylic oxidation sites excluding steroid dienone is 4. The second kappa shape index (κ2) is 9.44. The number of benzene rings is 2. The first kappa shape index (κ1) is 23.0. The standard InChI is InChI=1S/C31H36O3/c1-3-6-25(26-9-5-10-27(17-26)30(32)33)8-4-7-21-11-12-29(34-2)28(16-21)31-18-22-13-23(19-31)15-24(14-22)20-31/h3,5-6,8-12,16-17,22-24H,4,7,13-15,18-20H2,1-2H3,(H,32,33). The molecule has 0 unspecified atom stereocenters. The maximum absolute atomic E-state index is 11.4. The Morgan fingerprint density at radius 3 is 2.32 bits per heavy atom. The van der Waals surface area contributed by atoms with Crippen LogP contribution in [0.5, 0.6) is 5.75 Å². The maximum atomic E-state index is 11.4. The number of aryl methyl sites for hydroxylation is 1. The number of methoxy groups -OCH3 is 1. The summed E-state index contributed by atoms with van der Waals surface area (Å²) in [4.78, 5) is 11.4. The van der Waals surface area contributed by atoms with Crippen molar-refractivity contribution in [1.29, 1.82) is 0 Å². The van der Waals surface area contributed by atoms with Gasteiger partial charge in [-0.3, -0.25) is 0 Å². The number of ether oxygens (including phenoxy) is 1. The van der Waals surface area contributed by atoms with E-state index in [1.165, 1.54) is 49.7 Å². The molecule has 4 fully saturated rings. The number of hydrogen-bond acceptors (Lipinski definition) is 2. The van der Waals surface area contributed by atoms with Gasteiger partial charge in [0, 0.05) is 5.56 Å². The maximum Gasteiger partial charge on any atom is 0.335 e. The fraction of sp³-hybridized carbons (Fsp3) is 0.452. The van der Waals surface area contributed by atoms with Gasteiger partial charge in [0.2, 0.25) is 0 Å². The summed E-state index contributed by atoms with van der Waals surface area (Å²) in [6.45, 7) is 2.00. The van der Waals surface area contributed by atoms with Crippen LogP contribution < -0.4 is 4.74 Å². The molecule has 4 bridgehead atoms. The minimum atomic E-state index is -0.892. The van der Waals surface area contributed by atoms with Crippen molar-refractivity contribution in [3.05, 3.63) is 82.9 Å². The van der Waals surface area contributed by atoms with Gasteiger partial charge in [-0.1, -0.05) is 42.5 Å². The van der Waals surface area contributed by atoms with Crippen molar-refractivity contribution in [1.82, 2.24) is 0 Å². The van der Waals surface area contributed by atoms with Crippen LogP contribution in [0.3, 0.4) is 0 Å². The average molecular weight is 457 g/mol. The zero-order valence-corrected chi connectivity index (χ0v) is 20.4. The molecule has 0 aromatic heterocycles. The summed E-state index contributed by atoms with van der Waals surface area (Å²) in [5.41, 5.74) is 5.48. The van der Waals surface area contributed by atoms with Crippen molar-refractivity contribution < 1.29 is 14.6 Å². The van der Waals surface area contributed by atoms with Gasteiger partial charge in [-0.15, -0.1) is 0 Å². The fourth-order valence-electron chi connectivity index (χ4n) is 7.45. The van der Waals surface area contributed by atoms with E-state index in [1.807, 2.05) is 32.2 Å². The van der Waals surface area contributed by atoms with Crippen LogP contribution in [0.25, 0.3) is 5.57 Å². The molecule has 3 nitrogen and oxygen atoms in total. The van der Waals surface area contributed by atoms with Gasteiger partial charge in [-0.2, -0.15) is 0 Å². The average Bonchev–Trinajstić information content (AvgIpc) is 2.82. The van der Waals surface area contributed by atoms with Crippen molar-refractivity contribution in [2.45, 2.75) is 63.7 Å². The molecule has 0 heterocycles. The van der Waals surface area contributed by atoms with Crippen LogP contribution in [0, 0.1) is 17.8 Å². The van der Waals surface area contributed by atoms with E-state index in [1.54, 1.807) is 12.1 Å². The molecular weight excluding hydrogens is 420 g/mol. The van der Waals surface area contributed by atoms with Crippen molar-refractivity contribution in [2.75, 3.05) is 7.11 Å². The summed E-state index contributed by atoms with van der Waals surface area (Å²) in [6, 6.07) is 14.1. The molecule has 0 aliphatic heterocycles. The molecule has 6 rings (SSSR count). The monoisotopic (exact) mass is 456 g/mol. The van der Waals surface area contributed by atoms with Gasteiger partial charge in [-0.05, 0) is 116 Å². The molecule has 4 aliphatic rings. The number of rotatable bonds is 8. The molecule has 0 amide bonds. The Kier molecular flexibility index (Phi) is 6.38. The Bertz CT molecular complexity index is 1090. The lowest BCUT2D eigenvalue weighted by Crippen LogP contribution is -2.48. The van der Waals surface area contributed by atoms with Crippen LogP contribution in [0.2, 0.25) is 0 Å². The minimum Gasteiger partial charge on any atom is -0.496 e. The van der Waals surface area contributed by atoms with Crippen LogP contribution in [0.4, 0.5) is 0 Å². The van der Waals surface area contributed by atoms with Crippen molar-refractivity contribution in [3.63, 3.8) is 0 Å². The van der Waals surface area contributed by atoms with E-state index >= 15 is 0 Å². The molecule has 34 heavy (non-hydrogen) atoms. The van der Waals surface area contributed by atoms with E-state index in [2.05, 4.69) is 30.4 Å². The molecule has 4 saturated carbocycles.